The van der Waals surface area contributed by atoms with Crippen molar-refractivity contribution in [2.24, 2.45) is 0 Å². The molecular formula is C23H20N2OS. The largest absolute Gasteiger partial charge is 0.298 e. The van der Waals surface area contributed by atoms with Gasteiger partial charge >= 0.3 is 0 Å². The standard InChI is InChI=1S/C23H20N2OS/c1-15-8-13-20-21(16(15)2)24-23(27-20)25-22(26)19-11-9-18(10-12-19)14-17-6-4-3-5-7-17/h3-13H,14H2,1-2H3,(H,24,25,26). The van der Waals surface area contributed by atoms with Gasteiger partial charge in [-0.1, -0.05) is 59.9 Å². The van der Waals surface area contributed by atoms with E-state index in [1.807, 2.05) is 42.5 Å². The summed E-state index contributed by atoms with van der Waals surface area (Å²) in [4.78, 5) is 17.2. The number of amides is 1. The minimum Gasteiger partial charge on any atom is -0.298 e. The second kappa shape index (κ2) is 7.33. The maximum absolute atomic E-state index is 12.6. The lowest BCUT2D eigenvalue weighted by atomic mass is 10.0. The van der Waals surface area contributed by atoms with E-state index in [2.05, 4.69) is 48.4 Å². The van der Waals surface area contributed by atoms with E-state index in [1.165, 1.54) is 28.0 Å². The van der Waals surface area contributed by atoms with Gasteiger partial charge in [0.15, 0.2) is 5.13 Å². The molecule has 0 atom stereocenters. The quantitative estimate of drug-likeness (QED) is 0.495. The summed E-state index contributed by atoms with van der Waals surface area (Å²) in [5, 5.41) is 3.57. The molecule has 0 fully saturated rings. The molecule has 0 saturated heterocycles. The number of rotatable bonds is 4. The second-order valence-corrected chi connectivity index (χ2v) is 7.72. The third kappa shape index (κ3) is 3.76. The first kappa shape index (κ1) is 17.4. The van der Waals surface area contributed by atoms with Crippen LogP contribution < -0.4 is 5.32 Å². The first-order chi connectivity index (χ1) is 13.1. The van der Waals surface area contributed by atoms with E-state index in [4.69, 9.17) is 0 Å². The van der Waals surface area contributed by atoms with Crippen LogP contribution in [0.25, 0.3) is 10.2 Å². The highest BCUT2D eigenvalue weighted by atomic mass is 32.1. The van der Waals surface area contributed by atoms with Gasteiger partial charge in [-0.05, 0) is 60.7 Å². The highest BCUT2D eigenvalue weighted by molar-refractivity contribution is 7.22. The molecule has 0 bridgehead atoms. The molecule has 0 radical (unpaired) electrons. The molecule has 27 heavy (non-hydrogen) atoms. The lowest BCUT2D eigenvalue weighted by molar-refractivity contribution is 0.102. The monoisotopic (exact) mass is 372 g/mol. The van der Waals surface area contributed by atoms with Gasteiger partial charge in [-0.15, -0.1) is 0 Å². The van der Waals surface area contributed by atoms with Crippen LogP contribution in [-0.4, -0.2) is 10.9 Å². The molecule has 0 spiro atoms. The molecule has 1 amide bonds. The number of nitrogens with one attached hydrogen (secondary N) is 1. The number of hydrogen-bond donors (Lipinski definition) is 1. The number of aryl methyl sites for hydroxylation is 2. The van der Waals surface area contributed by atoms with Crippen LogP contribution in [0.15, 0.2) is 66.7 Å². The molecule has 0 saturated carbocycles. The van der Waals surface area contributed by atoms with Crippen molar-refractivity contribution in [3.63, 3.8) is 0 Å². The van der Waals surface area contributed by atoms with Gasteiger partial charge in [0.05, 0.1) is 10.2 Å². The van der Waals surface area contributed by atoms with Crippen molar-refractivity contribution in [2.45, 2.75) is 20.3 Å². The summed E-state index contributed by atoms with van der Waals surface area (Å²) in [7, 11) is 0. The Morgan fingerprint density at radius 3 is 2.37 bits per heavy atom. The zero-order valence-electron chi connectivity index (χ0n) is 15.3. The molecule has 0 unspecified atom stereocenters. The summed E-state index contributed by atoms with van der Waals surface area (Å²) in [6.45, 7) is 4.14. The van der Waals surface area contributed by atoms with Gasteiger partial charge in [0.25, 0.3) is 5.91 Å². The summed E-state index contributed by atoms with van der Waals surface area (Å²) in [5.41, 5.74) is 6.42. The van der Waals surface area contributed by atoms with Crippen molar-refractivity contribution in [1.82, 2.24) is 4.98 Å². The second-order valence-electron chi connectivity index (χ2n) is 6.69. The number of aromatic nitrogens is 1. The molecule has 1 heterocycles. The Morgan fingerprint density at radius 2 is 1.63 bits per heavy atom. The molecule has 0 aliphatic rings. The number of nitrogens with zero attached hydrogens (tertiary/aromatic N) is 1. The van der Waals surface area contributed by atoms with Crippen LogP contribution in [-0.2, 0) is 6.42 Å². The lowest BCUT2D eigenvalue weighted by Gasteiger charge is -2.05. The number of fused-ring (bicyclic) bond motifs is 1. The minimum absolute atomic E-state index is 0.130. The Balaban J connectivity index is 1.49. The molecule has 1 aromatic heterocycles. The van der Waals surface area contributed by atoms with Gasteiger partial charge in [-0.3, -0.25) is 10.1 Å². The average Bonchev–Trinajstić information content (AvgIpc) is 3.09. The predicted octanol–water partition coefficient (Wildman–Crippen LogP) is 5.76. The summed E-state index contributed by atoms with van der Waals surface area (Å²) in [6.07, 6.45) is 0.860. The van der Waals surface area contributed by atoms with E-state index < -0.39 is 0 Å². The zero-order valence-corrected chi connectivity index (χ0v) is 16.1. The third-order valence-electron chi connectivity index (χ3n) is 4.77. The maximum atomic E-state index is 12.6. The number of carbonyl (C=O) groups excluding carboxylic acids is 1. The van der Waals surface area contributed by atoms with Crippen LogP contribution >= 0.6 is 11.3 Å². The van der Waals surface area contributed by atoms with Crippen LogP contribution in [0.4, 0.5) is 5.13 Å². The molecule has 0 aliphatic heterocycles. The Kier molecular flexibility index (Phi) is 4.73. The molecule has 3 aromatic carbocycles. The molecule has 4 aromatic rings. The van der Waals surface area contributed by atoms with Crippen LogP contribution in [0, 0.1) is 13.8 Å². The van der Waals surface area contributed by atoms with Crippen LogP contribution in [0.2, 0.25) is 0 Å². The van der Waals surface area contributed by atoms with E-state index in [0.717, 1.165) is 22.2 Å². The van der Waals surface area contributed by atoms with Gasteiger partial charge in [0, 0.05) is 5.56 Å². The van der Waals surface area contributed by atoms with Crippen molar-refractivity contribution in [1.29, 1.82) is 0 Å². The van der Waals surface area contributed by atoms with E-state index in [9.17, 15) is 4.79 Å². The summed E-state index contributed by atoms with van der Waals surface area (Å²) < 4.78 is 1.09. The van der Waals surface area contributed by atoms with E-state index >= 15 is 0 Å². The molecule has 1 N–H and O–H groups in total. The first-order valence-corrected chi connectivity index (χ1v) is 9.73. The van der Waals surface area contributed by atoms with Gasteiger partial charge in [-0.2, -0.15) is 0 Å². The van der Waals surface area contributed by atoms with Crippen molar-refractivity contribution in [2.75, 3.05) is 5.32 Å². The fourth-order valence-electron chi connectivity index (χ4n) is 3.05. The van der Waals surface area contributed by atoms with Crippen molar-refractivity contribution < 1.29 is 4.79 Å². The highest BCUT2D eigenvalue weighted by Gasteiger charge is 2.12. The van der Waals surface area contributed by atoms with Crippen molar-refractivity contribution in [3.05, 3.63) is 94.5 Å². The Hall–Kier alpha value is -2.98. The Morgan fingerprint density at radius 1 is 0.926 bits per heavy atom. The average molecular weight is 372 g/mol. The summed E-state index contributed by atoms with van der Waals surface area (Å²) >= 11 is 1.51. The third-order valence-corrected chi connectivity index (χ3v) is 5.71. The Labute approximate surface area is 162 Å². The first-order valence-electron chi connectivity index (χ1n) is 8.91. The van der Waals surface area contributed by atoms with Crippen LogP contribution in [0.1, 0.15) is 32.6 Å². The highest BCUT2D eigenvalue weighted by Crippen LogP contribution is 2.29. The number of hydrogen-bond acceptors (Lipinski definition) is 3. The number of carbonyl (C=O) groups is 1. The summed E-state index contributed by atoms with van der Waals surface area (Å²) in [6, 6.07) is 22.2. The zero-order chi connectivity index (χ0) is 18.8. The fourth-order valence-corrected chi connectivity index (χ4v) is 3.97. The van der Waals surface area contributed by atoms with E-state index in [0.29, 0.717) is 10.7 Å². The SMILES string of the molecule is Cc1ccc2sc(NC(=O)c3ccc(Cc4ccccc4)cc3)nc2c1C. The van der Waals surface area contributed by atoms with Crippen LogP contribution in [0.3, 0.4) is 0 Å². The van der Waals surface area contributed by atoms with Gasteiger partial charge < -0.3 is 0 Å². The summed E-state index contributed by atoms with van der Waals surface area (Å²) in [5.74, 6) is -0.130. The normalized spacial score (nSPS) is 10.9. The smallest absolute Gasteiger partial charge is 0.257 e. The molecule has 0 aliphatic carbocycles. The minimum atomic E-state index is -0.130. The van der Waals surface area contributed by atoms with Crippen LogP contribution in [0.5, 0.6) is 0 Å². The Bertz CT molecular complexity index is 1100. The topological polar surface area (TPSA) is 42.0 Å². The lowest BCUT2D eigenvalue weighted by Crippen LogP contribution is -2.11. The van der Waals surface area contributed by atoms with Gasteiger partial charge in [0.1, 0.15) is 0 Å². The molecule has 4 rings (SSSR count). The predicted molar refractivity (Wildman–Crippen MR) is 113 cm³/mol. The van der Waals surface area contributed by atoms with Gasteiger partial charge in [0.2, 0.25) is 0 Å². The molecular weight excluding hydrogens is 352 g/mol. The number of benzene rings is 3. The van der Waals surface area contributed by atoms with Crippen molar-refractivity contribution in [3.8, 4) is 0 Å². The van der Waals surface area contributed by atoms with E-state index in [1.54, 1.807) is 0 Å². The van der Waals surface area contributed by atoms with Gasteiger partial charge in [-0.25, -0.2) is 4.98 Å². The number of anilines is 1. The molecule has 4 heteroatoms. The number of thiazole rings is 1. The van der Waals surface area contributed by atoms with E-state index in [-0.39, 0.29) is 5.91 Å². The molecule has 3 nitrogen and oxygen atoms in total. The fraction of sp³-hybridized carbons (Fsp3) is 0.130. The molecule has 134 valence electrons. The van der Waals surface area contributed by atoms with Crippen molar-refractivity contribution >= 4 is 32.6 Å². The maximum Gasteiger partial charge on any atom is 0.257 e.